The molecular weight excluding hydrogens is 274 g/mol. The fourth-order valence-electron chi connectivity index (χ4n) is 2.86. The van der Waals surface area contributed by atoms with E-state index in [1.807, 2.05) is 12.1 Å². The highest BCUT2D eigenvalue weighted by Gasteiger charge is 2.27. The third-order valence-electron chi connectivity index (χ3n) is 4.01. The molecule has 1 fully saturated rings. The monoisotopic (exact) mass is 293 g/mol. The second-order valence-electron chi connectivity index (χ2n) is 5.53. The van der Waals surface area contributed by atoms with Gasteiger partial charge in [0, 0.05) is 25.3 Å². The Bertz CT molecular complexity index is 634. The molecule has 0 aliphatic carbocycles. The van der Waals surface area contributed by atoms with Crippen LogP contribution in [-0.4, -0.2) is 18.1 Å². The van der Waals surface area contributed by atoms with Crippen LogP contribution in [0.1, 0.15) is 30.1 Å². The van der Waals surface area contributed by atoms with Crippen LogP contribution in [0, 0.1) is 17.2 Å². The summed E-state index contributed by atoms with van der Waals surface area (Å²) >= 11 is 0. The smallest absolute Gasteiger partial charge is 0.125 e. The van der Waals surface area contributed by atoms with Gasteiger partial charge in [-0.25, -0.2) is 4.98 Å². The average Bonchev–Trinajstić information content (AvgIpc) is 2.61. The summed E-state index contributed by atoms with van der Waals surface area (Å²) in [6, 6.07) is 16.1. The van der Waals surface area contributed by atoms with Crippen molar-refractivity contribution in [3.05, 3.63) is 59.8 Å². The second-order valence-corrected chi connectivity index (χ2v) is 5.53. The van der Waals surface area contributed by atoms with Crippen LogP contribution in [0.15, 0.2) is 48.7 Å². The van der Waals surface area contributed by atoms with Crippen molar-refractivity contribution in [3.8, 4) is 6.07 Å². The minimum atomic E-state index is 0.140. The van der Waals surface area contributed by atoms with Gasteiger partial charge in [0.05, 0.1) is 11.7 Å². The fourth-order valence-corrected chi connectivity index (χ4v) is 2.86. The van der Waals surface area contributed by atoms with E-state index in [0.29, 0.717) is 11.5 Å². The van der Waals surface area contributed by atoms with E-state index >= 15 is 0 Å². The third kappa shape index (κ3) is 3.44. The number of hydrogen-bond donors (Lipinski definition) is 1. The molecule has 0 amide bonds. The zero-order valence-electron chi connectivity index (χ0n) is 12.4. The molecule has 1 aliphatic heterocycles. The van der Waals surface area contributed by atoms with Crippen LogP contribution in [-0.2, 0) is 4.74 Å². The Kier molecular flexibility index (Phi) is 4.67. The van der Waals surface area contributed by atoms with Crippen molar-refractivity contribution in [3.63, 3.8) is 0 Å². The van der Waals surface area contributed by atoms with Gasteiger partial charge in [-0.1, -0.05) is 30.3 Å². The number of nitrogens with zero attached hydrogens (tertiary/aromatic N) is 2. The topological polar surface area (TPSA) is 57.9 Å². The van der Waals surface area contributed by atoms with E-state index in [0.717, 1.165) is 31.8 Å². The summed E-state index contributed by atoms with van der Waals surface area (Å²) in [5, 5.41) is 12.2. The Balaban J connectivity index is 1.65. The van der Waals surface area contributed by atoms with Crippen molar-refractivity contribution >= 4 is 5.82 Å². The molecule has 1 aromatic heterocycles. The number of ether oxygens (including phenoxy) is 1. The van der Waals surface area contributed by atoms with Crippen LogP contribution >= 0.6 is 0 Å². The Morgan fingerprint density at radius 3 is 2.82 bits per heavy atom. The maximum absolute atomic E-state index is 8.80. The molecule has 0 unspecified atom stereocenters. The standard InChI is InChI=1S/C18H19N3O/c19-11-14-8-9-17(20-12-14)21-13-16-7-4-10-22-18(16)15-5-2-1-3-6-15/h1-3,5-6,8-9,12,16,18H,4,7,10,13H2,(H,20,21)/t16-,18-/m0/s1. The van der Waals surface area contributed by atoms with Gasteiger partial charge in [-0.3, -0.25) is 0 Å². The fraction of sp³-hybridized carbons (Fsp3) is 0.333. The van der Waals surface area contributed by atoms with Crippen molar-refractivity contribution in [1.29, 1.82) is 5.26 Å². The normalized spacial score (nSPS) is 21.0. The van der Waals surface area contributed by atoms with Crippen molar-refractivity contribution in [2.24, 2.45) is 5.92 Å². The van der Waals surface area contributed by atoms with Gasteiger partial charge in [0.1, 0.15) is 11.9 Å². The van der Waals surface area contributed by atoms with E-state index in [4.69, 9.17) is 10.00 Å². The highest BCUT2D eigenvalue weighted by molar-refractivity contribution is 5.39. The summed E-state index contributed by atoms with van der Waals surface area (Å²) in [6.45, 7) is 1.64. The molecule has 4 heteroatoms. The molecule has 22 heavy (non-hydrogen) atoms. The quantitative estimate of drug-likeness (QED) is 0.937. The number of anilines is 1. The van der Waals surface area contributed by atoms with E-state index in [1.54, 1.807) is 12.3 Å². The Morgan fingerprint density at radius 2 is 2.09 bits per heavy atom. The number of nitrogens with one attached hydrogen (secondary N) is 1. The number of pyridine rings is 1. The zero-order chi connectivity index (χ0) is 15.2. The molecule has 112 valence electrons. The van der Waals surface area contributed by atoms with Gasteiger partial charge < -0.3 is 10.1 Å². The van der Waals surface area contributed by atoms with E-state index in [9.17, 15) is 0 Å². The molecule has 1 aliphatic rings. The lowest BCUT2D eigenvalue weighted by Gasteiger charge is -2.32. The van der Waals surface area contributed by atoms with Crippen LogP contribution in [0.25, 0.3) is 0 Å². The molecule has 4 nitrogen and oxygen atoms in total. The highest BCUT2D eigenvalue weighted by atomic mass is 16.5. The van der Waals surface area contributed by atoms with Crippen LogP contribution in [0.3, 0.4) is 0 Å². The summed E-state index contributed by atoms with van der Waals surface area (Å²) in [7, 11) is 0. The first-order valence-electron chi connectivity index (χ1n) is 7.63. The van der Waals surface area contributed by atoms with Crippen molar-refractivity contribution in [1.82, 2.24) is 4.98 Å². The SMILES string of the molecule is N#Cc1ccc(NC[C@@H]2CCCO[C@H]2c2ccccc2)nc1. The molecule has 3 rings (SSSR count). The van der Waals surface area contributed by atoms with E-state index in [2.05, 4.69) is 40.6 Å². The lowest BCUT2D eigenvalue weighted by Crippen LogP contribution is -2.28. The van der Waals surface area contributed by atoms with Gasteiger partial charge in [0.15, 0.2) is 0 Å². The van der Waals surface area contributed by atoms with Crippen LogP contribution in [0.5, 0.6) is 0 Å². The number of nitriles is 1. The largest absolute Gasteiger partial charge is 0.373 e. The molecule has 1 saturated heterocycles. The predicted molar refractivity (Wildman–Crippen MR) is 85.3 cm³/mol. The second kappa shape index (κ2) is 7.06. The molecule has 2 atom stereocenters. The van der Waals surface area contributed by atoms with Crippen molar-refractivity contribution < 1.29 is 4.74 Å². The maximum atomic E-state index is 8.80. The molecule has 0 spiro atoms. The predicted octanol–water partition coefficient (Wildman–Crippen LogP) is 3.53. The minimum absolute atomic E-state index is 0.140. The summed E-state index contributed by atoms with van der Waals surface area (Å²) in [6.07, 6.45) is 3.97. The number of benzene rings is 1. The van der Waals surface area contributed by atoms with Gasteiger partial charge in [0.25, 0.3) is 0 Å². The summed E-state index contributed by atoms with van der Waals surface area (Å²) in [4.78, 5) is 4.26. The number of rotatable bonds is 4. The van der Waals surface area contributed by atoms with Crippen LogP contribution in [0.2, 0.25) is 0 Å². The molecule has 0 bridgehead atoms. The van der Waals surface area contributed by atoms with Gasteiger partial charge >= 0.3 is 0 Å². The van der Waals surface area contributed by atoms with E-state index < -0.39 is 0 Å². The summed E-state index contributed by atoms with van der Waals surface area (Å²) in [5.74, 6) is 1.23. The summed E-state index contributed by atoms with van der Waals surface area (Å²) in [5.41, 5.74) is 1.82. The van der Waals surface area contributed by atoms with E-state index in [1.165, 1.54) is 5.56 Å². The molecular formula is C18H19N3O. The lowest BCUT2D eigenvalue weighted by atomic mass is 9.89. The summed E-state index contributed by atoms with van der Waals surface area (Å²) < 4.78 is 6.00. The first-order valence-corrected chi connectivity index (χ1v) is 7.63. The Hall–Kier alpha value is -2.38. The van der Waals surface area contributed by atoms with E-state index in [-0.39, 0.29) is 6.10 Å². The van der Waals surface area contributed by atoms with Gasteiger partial charge in [-0.2, -0.15) is 5.26 Å². The van der Waals surface area contributed by atoms with Crippen LogP contribution < -0.4 is 5.32 Å². The highest BCUT2D eigenvalue weighted by Crippen LogP contribution is 2.33. The maximum Gasteiger partial charge on any atom is 0.125 e. The molecule has 0 radical (unpaired) electrons. The van der Waals surface area contributed by atoms with Crippen LogP contribution in [0.4, 0.5) is 5.82 Å². The van der Waals surface area contributed by atoms with Gasteiger partial charge in [0.2, 0.25) is 0 Å². The Morgan fingerprint density at radius 1 is 1.23 bits per heavy atom. The molecule has 2 heterocycles. The average molecular weight is 293 g/mol. The molecule has 0 saturated carbocycles. The third-order valence-corrected chi connectivity index (χ3v) is 4.01. The number of aromatic nitrogens is 1. The zero-order valence-corrected chi connectivity index (χ0v) is 12.4. The van der Waals surface area contributed by atoms with Crippen molar-refractivity contribution in [2.45, 2.75) is 18.9 Å². The van der Waals surface area contributed by atoms with Crippen molar-refractivity contribution in [2.75, 3.05) is 18.5 Å². The minimum Gasteiger partial charge on any atom is -0.373 e. The Labute approximate surface area is 130 Å². The first-order chi connectivity index (χ1) is 10.9. The lowest BCUT2D eigenvalue weighted by molar-refractivity contribution is -0.0238. The number of hydrogen-bond acceptors (Lipinski definition) is 4. The molecule has 1 N–H and O–H groups in total. The molecule has 1 aromatic carbocycles. The van der Waals surface area contributed by atoms with Gasteiger partial charge in [-0.05, 0) is 30.5 Å². The molecule has 2 aromatic rings. The van der Waals surface area contributed by atoms with Gasteiger partial charge in [-0.15, -0.1) is 0 Å². The first kappa shape index (κ1) is 14.6.